The second-order valence-corrected chi connectivity index (χ2v) is 3.88. The van der Waals surface area contributed by atoms with Crippen molar-refractivity contribution < 1.29 is 4.39 Å². The number of rotatable bonds is 3. The monoisotopic (exact) mass is 240 g/mol. The molecule has 2 rings (SSSR count). The molecule has 0 N–H and O–H groups in total. The van der Waals surface area contributed by atoms with Crippen molar-refractivity contribution >= 4 is 11.4 Å². The quantitative estimate of drug-likeness (QED) is 0.814. The van der Waals surface area contributed by atoms with Crippen LogP contribution in [0.15, 0.2) is 48.5 Å². The van der Waals surface area contributed by atoms with Gasteiger partial charge in [0, 0.05) is 17.9 Å². The maximum atomic E-state index is 12.9. The van der Waals surface area contributed by atoms with Crippen LogP contribution in [0.5, 0.6) is 0 Å². The molecule has 90 valence electrons. The zero-order valence-corrected chi connectivity index (χ0v) is 10.1. The van der Waals surface area contributed by atoms with Crippen molar-refractivity contribution in [3.8, 4) is 6.07 Å². The molecule has 0 heterocycles. The van der Waals surface area contributed by atoms with Crippen LogP contribution < -0.4 is 4.90 Å². The topological polar surface area (TPSA) is 27.0 Å². The third-order valence-electron chi connectivity index (χ3n) is 2.74. The van der Waals surface area contributed by atoms with Gasteiger partial charge in [-0.1, -0.05) is 6.07 Å². The van der Waals surface area contributed by atoms with E-state index in [1.165, 1.54) is 12.1 Å². The van der Waals surface area contributed by atoms with Crippen LogP contribution in [0.2, 0.25) is 0 Å². The predicted molar refractivity (Wildman–Crippen MR) is 70.2 cm³/mol. The summed E-state index contributed by atoms with van der Waals surface area (Å²) in [4.78, 5) is 2.03. The first kappa shape index (κ1) is 12.1. The van der Waals surface area contributed by atoms with E-state index in [9.17, 15) is 4.39 Å². The van der Waals surface area contributed by atoms with E-state index in [1.807, 2.05) is 30.0 Å². The number of halogens is 1. The van der Waals surface area contributed by atoms with Crippen LogP contribution in [-0.4, -0.2) is 6.54 Å². The smallest absolute Gasteiger partial charge is 0.123 e. The van der Waals surface area contributed by atoms with Gasteiger partial charge in [-0.3, -0.25) is 0 Å². The van der Waals surface area contributed by atoms with Gasteiger partial charge in [0.1, 0.15) is 5.82 Å². The number of benzene rings is 2. The van der Waals surface area contributed by atoms with E-state index in [0.29, 0.717) is 5.56 Å². The van der Waals surface area contributed by atoms with Gasteiger partial charge in [0.05, 0.1) is 11.6 Å². The van der Waals surface area contributed by atoms with Crippen molar-refractivity contribution in [2.75, 3.05) is 11.4 Å². The lowest BCUT2D eigenvalue weighted by Gasteiger charge is -2.23. The zero-order chi connectivity index (χ0) is 13.0. The molecular formula is C15H13FN2. The molecule has 0 saturated heterocycles. The molecule has 0 radical (unpaired) electrons. The Labute approximate surface area is 106 Å². The van der Waals surface area contributed by atoms with Crippen LogP contribution in [0.3, 0.4) is 0 Å². The van der Waals surface area contributed by atoms with Gasteiger partial charge in [-0.15, -0.1) is 0 Å². The molecule has 2 aromatic rings. The van der Waals surface area contributed by atoms with E-state index in [1.54, 1.807) is 18.2 Å². The molecule has 0 atom stereocenters. The molecule has 0 spiro atoms. The molecule has 0 saturated carbocycles. The van der Waals surface area contributed by atoms with Gasteiger partial charge >= 0.3 is 0 Å². The maximum Gasteiger partial charge on any atom is 0.123 e. The second-order valence-electron chi connectivity index (χ2n) is 3.88. The van der Waals surface area contributed by atoms with E-state index in [2.05, 4.69) is 6.07 Å². The lowest BCUT2D eigenvalue weighted by Crippen LogP contribution is -2.15. The molecular weight excluding hydrogens is 227 g/mol. The van der Waals surface area contributed by atoms with E-state index >= 15 is 0 Å². The highest BCUT2D eigenvalue weighted by atomic mass is 19.1. The van der Waals surface area contributed by atoms with Crippen LogP contribution in [0.1, 0.15) is 12.5 Å². The Morgan fingerprint density at radius 1 is 1.11 bits per heavy atom. The molecule has 0 aliphatic heterocycles. The lowest BCUT2D eigenvalue weighted by molar-refractivity contribution is 0.628. The molecule has 2 aromatic carbocycles. The first-order valence-electron chi connectivity index (χ1n) is 5.78. The molecule has 0 aliphatic carbocycles. The molecule has 2 nitrogen and oxygen atoms in total. The molecule has 18 heavy (non-hydrogen) atoms. The Morgan fingerprint density at radius 3 is 2.44 bits per heavy atom. The molecule has 0 aliphatic rings. The summed E-state index contributed by atoms with van der Waals surface area (Å²) in [7, 11) is 0. The summed E-state index contributed by atoms with van der Waals surface area (Å²) in [5.41, 5.74) is 2.46. The fourth-order valence-corrected chi connectivity index (χ4v) is 1.88. The van der Waals surface area contributed by atoms with Crippen molar-refractivity contribution in [2.45, 2.75) is 6.92 Å². The van der Waals surface area contributed by atoms with Gasteiger partial charge in [0.2, 0.25) is 0 Å². The first-order chi connectivity index (χ1) is 8.74. The Morgan fingerprint density at radius 2 is 1.83 bits per heavy atom. The average molecular weight is 240 g/mol. The molecule has 0 unspecified atom stereocenters. The predicted octanol–water partition coefficient (Wildman–Crippen LogP) is 3.86. The number of anilines is 2. The normalized spacial score (nSPS) is 9.83. The van der Waals surface area contributed by atoms with E-state index in [0.717, 1.165) is 17.9 Å². The van der Waals surface area contributed by atoms with E-state index in [-0.39, 0.29) is 5.82 Å². The average Bonchev–Trinajstić information content (AvgIpc) is 2.42. The third-order valence-corrected chi connectivity index (χ3v) is 2.74. The number of hydrogen-bond acceptors (Lipinski definition) is 2. The molecule has 3 heteroatoms. The van der Waals surface area contributed by atoms with Crippen molar-refractivity contribution in [3.63, 3.8) is 0 Å². The summed E-state index contributed by atoms with van der Waals surface area (Å²) in [5, 5.41) is 8.91. The standard InChI is InChI=1S/C15H13FN2/c1-2-18(14-8-6-13(16)7-9-14)15-5-3-4-12(10-15)11-17/h3-10H,2H2,1H3. The van der Waals surface area contributed by atoms with Crippen LogP contribution in [0.25, 0.3) is 0 Å². The fraction of sp³-hybridized carbons (Fsp3) is 0.133. The largest absolute Gasteiger partial charge is 0.342 e. The van der Waals surface area contributed by atoms with Gasteiger partial charge in [-0.05, 0) is 49.4 Å². The van der Waals surface area contributed by atoms with Crippen LogP contribution in [-0.2, 0) is 0 Å². The van der Waals surface area contributed by atoms with Gasteiger partial charge in [0.25, 0.3) is 0 Å². The fourth-order valence-electron chi connectivity index (χ4n) is 1.88. The lowest BCUT2D eigenvalue weighted by atomic mass is 10.2. The van der Waals surface area contributed by atoms with E-state index in [4.69, 9.17) is 5.26 Å². The molecule has 0 amide bonds. The second kappa shape index (κ2) is 5.33. The Hall–Kier alpha value is -2.34. The minimum Gasteiger partial charge on any atom is -0.342 e. The third kappa shape index (κ3) is 2.49. The highest BCUT2D eigenvalue weighted by Crippen LogP contribution is 2.25. The van der Waals surface area contributed by atoms with Crippen molar-refractivity contribution in [1.29, 1.82) is 5.26 Å². The Bertz CT molecular complexity index is 570. The summed E-state index contributed by atoms with van der Waals surface area (Å²) in [6.45, 7) is 2.77. The molecule has 0 fully saturated rings. The molecule has 0 aromatic heterocycles. The number of nitriles is 1. The number of nitrogens with zero attached hydrogens (tertiary/aromatic N) is 2. The van der Waals surface area contributed by atoms with Crippen molar-refractivity contribution in [1.82, 2.24) is 0 Å². The van der Waals surface area contributed by atoms with Crippen LogP contribution >= 0.6 is 0 Å². The van der Waals surface area contributed by atoms with Gasteiger partial charge in [0.15, 0.2) is 0 Å². The van der Waals surface area contributed by atoms with Crippen LogP contribution in [0, 0.1) is 17.1 Å². The van der Waals surface area contributed by atoms with Crippen molar-refractivity contribution in [2.24, 2.45) is 0 Å². The van der Waals surface area contributed by atoms with Crippen molar-refractivity contribution in [3.05, 3.63) is 59.9 Å². The van der Waals surface area contributed by atoms with E-state index < -0.39 is 0 Å². The summed E-state index contributed by atoms with van der Waals surface area (Å²) >= 11 is 0. The molecule has 0 bridgehead atoms. The highest BCUT2D eigenvalue weighted by molar-refractivity contribution is 5.64. The SMILES string of the molecule is CCN(c1ccc(F)cc1)c1cccc(C#N)c1. The maximum absolute atomic E-state index is 12.9. The summed E-state index contributed by atoms with van der Waals surface area (Å²) in [6.07, 6.45) is 0. The van der Waals surface area contributed by atoms with Gasteiger partial charge in [-0.25, -0.2) is 4.39 Å². The van der Waals surface area contributed by atoms with Gasteiger partial charge < -0.3 is 4.90 Å². The Kier molecular flexibility index (Phi) is 3.59. The van der Waals surface area contributed by atoms with Gasteiger partial charge in [-0.2, -0.15) is 5.26 Å². The summed E-state index contributed by atoms with van der Waals surface area (Å²) in [6, 6.07) is 15.8. The van der Waals surface area contributed by atoms with Crippen LogP contribution in [0.4, 0.5) is 15.8 Å². The number of hydrogen-bond donors (Lipinski definition) is 0. The highest BCUT2D eigenvalue weighted by Gasteiger charge is 2.07. The first-order valence-corrected chi connectivity index (χ1v) is 5.78. The summed E-state index contributed by atoms with van der Waals surface area (Å²) in [5.74, 6) is -0.249. The summed E-state index contributed by atoms with van der Waals surface area (Å²) < 4.78 is 12.9. The Balaban J connectivity index is 2.39. The minimum atomic E-state index is -0.249. The zero-order valence-electron chi connectivity index (χ0n) is 10.1. The minimum absolute atomic E-state index is 0.249.